The second kappa shape index (κ2) is 11.7. The Morgan fingerprint density at radius 1 is 0.511 bits per heavy atom. The molecular formula is C41H32N2O4. The minimum Gasteiger partial charge on any atom is -0.506 e. The van der Waals surface area contributed by atoms with E-state index in [2.05, 4.69) is 34.9 Å². The Balaban J connectivity index is 1.40. The number of fused-ring (bicyclic) bond motifs is 3. The molecule has 1 aliphatic rings. The molecule has 6 heteroatoms. The Labute approximate surface area is 273 Å². The third-order valence-corrected chi connectivity index (χ3v) is 8.94. The van der Waals surface area contributed by atoms with Crippen molar-refractivity contribution >= 4 is 23.2 Å². The number of benzene rings is 6. The number of phenols is 2. The summed E-state index contributed by atoms with van der Waals surface area (Å²) in [4.78, 5) is 26.6. The standard InChI is InChI=1S/C41H32N2O4/c1-25-11-15-27(16-12-25)39(46)42-35-23-29(19-21-37(35)44)41(33-9-5-3-7-31(33)32-8-4-6-10-34(32)41)30-20-22-38(45)36(24-30)43-40(47)28-17-13-26(2)14-18-28/h3-24,44-45H,1-2H3,(H,42,46)(H,43,47). The largest absolute Gasteiger partial charge is 0.506 e. The molecule has 0 spiro atoms. The van der Waals surface area contributed by atoms with Crippen LogP contribution in [0.4, 0.5) is 11.4 Å². The van der Waals surface area contributed by atoms with Gasteiger partial charge in [0, 0.05) is 11.1 Å². The lowest BCUT2D eigenvalue weighted by molar-refractivity contribution is 0.101. The van der Waals surface area contributed by atoms with Crippen LogP contribution in [0.3, 0.4) is 0 Å². The molecule has 0 saturated heterocycles. The molecule has 6 aromatic rings. The molecule has 0 unspecified atom stereocenters. The van der Waals surface area contributed by atoms with E-state index in [1.54, 1.807) is 48.5 Å². The fourth-order valence-electron chi connectivity index (χ4n) is 6.56. The van der Waals surface area contributed by atoms with Crippen molar-refractivity contribution < 1.29 is 19.8 Å². The third kappa shape index (κ3) is 5.10. The quantitative estimate of drug-likeness (QED) is 0.141. The molecule has 6 nitrogen and oxygen atoms in total. The zero-order chi connectivity index (χ0) is 32.7. The second-order valence-electron chi connectivity index (χ2n) is 11.9. The van der Waals surface area contributed by atoms with E-state index in [4.69, 9.17) is 0 Å². The highest BCUT2D eigenvalue weighted by Crippen LogP contribution is 2.57. The van der Waals surface area contributed by atoms with Gasteiger partial charge >= 0.3 is 0 Å². The number of aromatic hydroxyl groups is 2. The van der Waals surface area contributed by atoms with Crippen LogP contribution < -0.4 is 10.6 Å². The Morgan fingerprint density at radius 3 is 1.30 bits per heavy atom. The van der Waals surface area contributed by atoms with E-state index < -0.39 is 5.41 Å². The van der Waals surface area contributed by atoms with Crippen molar-refractivity contribution in [2.24, 2.45) is 0 Å². The number of aryl methyl sites for hydroxylation is 2. The summed E-state index contributed by atoms with van der Waals surface area (Å²) in [5.41, 5.74) is 8.25. The molecule has 0 fully saturated rings. The van der Waals surface area contributed by atoms with Crippen LogP contribution in [0.15, 0.2) is 133 Å². The van der Waals surface area contributed by atoms with Crippen molar-refractivity contribution in [3.05, 3.63) is 178 Å². The molecule has 4 N–H and O–H groups in total. The molecule has 6 aromatic carbocycles. The van der Waals surface area contributed by atoms with Crippen LogP contribution in [0.5, 0.6) is 11.5 Å². The first-order valence-corrected chi connectivity index (χ1v) is 15.4. The van der Waals surface area contributed by atoms with Crippen molar-refractivity contribution in [3.8, 4) is 22.6 Å². The van der Waals surface area contributed by atoms with Crippen LogP contribution >= 0.6 is 0 Å². The Kier molecular flexibility index (Phi) is 7.33. The third-order valence-electron chi connectivity index (χ3n) is 8.94. The molecular weight excluding hydrogens is 584 g/mol. The van der Waals surface area contributed by atoms with Gasteiger partial charge in [-0.15, -0.1) is 0 Å². The second-order valence-corrected chi connectivity index (χ2v) is 11.9. The molecule has 0 heterocycles. The molecule has 230 valence electrons. The number of anilines is 2. The molecule has 0 atom stereocenters. The lowest BCUT2D eigenvalue weighted by Crippen LogP contribution is -2.29. The minimum atomic E-state index is -0.929. The van der Waals surface area contributed by atoms with E-state index >= 15 is 0 Å². The fourth-order valence-corrected chi connectivity index (χ4v) is 6.56. The summed E-state index contributed by atoms with van der Waals surface area (Å²) in [5, 5.41) is 27.8. The number of phenolic OH excluding ortho intramolecular Hbond substituents is 2. The summed E-state index contributed by atoms with van der Waals surface area (Å²) >= 11 is 0. The van der Waals surface area contributed by atoms with Crippen LogP contribution in [0.25, 0.3) is 11.1 Å². The number of carbonyl (C=O) groups is 2. The van der Waals surface area contributed by atoms with E-state index in [0.29, 0.717) is 11.1 Å². The number of carbonyl (C=O) groups excluding carboxylic acids is 2. The van der Waals surface area contributed by atoms with Gasteiger partial charge in [0.25, 0.3) is 11.8 Å². The summed E-state index contributed by atoms with van der Waals surface area (Å²) in [7, 11) is 0. The van der Waals surface area contributed by atoms with Crippen molar-refractivity contribution in [2.45, 2.75) is 19.3 Å². The summed E-state index contributed by atoms with van der Waals surface area (Å²) in [6, 6.07) is 41.2. The first-order valence-electron chi connectivity index (χ1n) is 15.4. The normalized spacial score (nSPS) is 12.6. The number of hydrogen-bond acceptors (Lipinski definition) is 4. The molecule has 0 aromatic heterocycles. The van der Waals surface area contributed by atoms with E-state index in [1.807, 2.05) is 74.5 Å². The Bertz CT molecular complexity index is 2010. The summed E-state index contributed by atoms with van der Waals surface area (Å²) < 4.78 is 0. The highest BCUT2D eigenvalue weighted by molar-refractivity contribution is 6.06. The van der Waals surface area contributed by atoms with E-state index in [9.17, 15) is 19.8 Å². The van der Waals surface area contributed by atoms with Gasteiger partial charge in [0.05, 0.1) is 16.8 Å². The molecule has 7 rings (SSSR count). The minimum absolute atomic E-state index is 0.0688. The van der Waals surface area contributed by atoms with Crippen LogP contribution in [-0.4, -0.2) is 22.0 Å². The lowest BCUT2D eigenvalue weighted by Gasteiger charge is -2.34. The van der Waals surface area contributed by atoms with Crippen LogP contribution in [0, 0.1) is 13.8 Å². The summed E-state index contributed by atoms with van der Waals surface area (Å²) in [6.45, 7) is 3.91. The maximum Gasteiger partial charge on any atom is 0.255 e. The molecule has 0 radical (unpaired) electrons. The maximum atomic E-state index is 13.3. The first kappa shape index (κ1) is 29.6. The van der Waals surface area contributed by atoms with Crippen LogP contribution in [-0.2, 0) is 5.41 Å². The van der Waals surface area contributed by atoms with Crippen LogP contribution in [0.1, 0.15) is 54.1 Å². The average Bonchev–Trinajstić information content (AvgIpc) is 3.38. The van der Waals surface area contributed by atoms with Crippen LogP contribution in [0.2, 0.25) is 0 Å². The van der Waals surface area contributed by atoms with Crippen molar-refractivity contribution in [1.29, 1.82) is 0 Å². The highest BCUT2D eigenvalue weighted by Gasteiger charge is 2.46. The molecule has 0 saturated carbocycles. The number of nitrogens with one attached hydrogen (secondary N) is 2. The van der Waals surface area contributed by atoms with Gasteiger partial charge in [0.2, 0.25) is 0 Å². The fraction of sp³-hybridized carbons (Fsp3) is 0.0732. The van der Waals surface area contributed by atoms with Gasteiger partial charge in [0.1, 0.15) is 11.5 Å². The van der Waals surface area contributed by atoms with E-state index in [0.717, 1.165) is 44.5 Å². The van der Waals surface area contributed by atoms with Gasteiger partial charge < -0.3 is 20.8 Å². The smallest absolute Gasteiger partial charge is 0.255 e. The Hall–Kier alpha value is -6.14. The Morgan fingerprint density at radius 2 is 0.894 bits per heavy atom. The SMILES string of the molecule is Cc1ccc(C(=O)Nc2cc(C3(c4ccc(O)c(NC(=O)c5ccc(C)cc5)c4)c4ccccc4-c4ccccc43)ccc2O)cc1. The molecule has 47 heavy (non-hydrogen) atoms. The molecule has 1 aliphatic carbocycles. The van der Waals surface area contributed by atoms with Crippen molar-refractivity contribution in [1.82, 2.24) is 0 Å². The van der Waals surface area contributed by atoms with Crippen molar-refractivity contribution in [2.75, 3.05) is 10.6 Å². The zero-order valence-corrected chi connectivity index (χ0v) is 25.9. The number of hydrogen-bond donors (Lipinski definition) is 4. The van der Waals surface area contributed by atoms with Gasteiger partial charge in [-0.3, -0.25) is 9.59 Å². The monoisotopic (exact) mass is 616 g/mol. The average molecular weight is 617 g/mol. The maximum absolute atomic E-state index is 13.3. The first-order chi connectivity index (χ1) is 22.8. The van der Waals surface area contributed by atoms with Gasteiger partial charge in [-0.05, 0) is 95.8 Å². The number of rotatable bonds is 6. The zero-order valence-electron chi connectivity index (χ0n) is 25.9. The molecule has 0 aliphatic heterocycles. The lowest BCUT2D eigenvalue weighted by atomic mass is 9.67. The number of amides is 2. The summed E-state index contributed by atoms with van der Waals surface area (Å²) in [5.74, 6) is -0.824. The predicted octanol–water partition coefficient (Wildman–Crippen LogP) is 8.58. The highest BCUT2D eigenvalue weighted by atomic mass is 16.3. The molecule has 2 amide bonds. The van der Waals surface area contributed by atoms with E-state index in [-0.39, 0.29) is 34.7 Å². The van der Waals surface area contributed by atoms with Gasteiger partial charge in [-0.25, -0.2) is 0 Å². The van der Waals surface area contributed by atoms with Gasteiger partial charge in [0.15, 0.2) is 0 Å². The summed E-state index contributed by atoms with van der Waals surface area (Å²) in [6.07, 6.45) is 0. The van der Waals surface area contributed by atoms with Crippen molar-refractivity contribution in [3.63, 3.8) is 0 Å². The van der Waals surface area contributed by atoms with Gasteiger partial charge in [-0.2, -0.15) is 0 Å². The molecule has 0 bridgehead atoms. The topological polar surface area (TPSA) is 98.7 Å². The van der Waals surface area contributed by atoms with E-state index in [1.165, 1.54) is 0 Å². The van der Waals surface area contributed by atoms with Gasteiger partial charge in [-0.1, -0.05) is 96.1 Å². The predicted molar refractivity (Wildman–Crippen MR) is 185 cm³/mol.